The highest BCUT2D eigenvalue weighted by atomic mass is 19.4. The fraction of sp³-hybridized carbons (Fsp3) is 0.0833. The van der Waals surface area contributed by atoms with Crippen molar-refractivity contribution in [2.45, 2.75) is 6.18 Å². The summed E-state index contributed by atoms with van der Waals surface area (Å²) in [4.78, 5) is 10.9. The molecule has 0 saturated heterocycles. The zero-order chi connectivity index (χ0) is 13.5. The fourth-order valence-corrected chi connectivity index (χ4v) is 1.75. The van der Waals surface area contributed by atoms with Crippen molar-refractivity contribution in [3.05, 3.63) is 41.5 Å². The maximum Gasteiger partial charge on any atom is 0.416 e. The quantitative estimate of drug-likeness (QED) is 0.823. The van der Waals surface area contributed by atoms with Crippen molar-refractivity contribution in [1.82, 2.24) is 0 Å². The van der Waals surface area contributed by atoms with Crippen LogP contribution >= 0.6 is 0 Å². The van der Waals surface area contributed by atoms with Gasteiger partial charge in [-0.3, -0.25) is 0 Å². The Balaban J connectivity index is 2.81. The monoisotopic (exact) mass is 256 g/mol. The van der Waals surface area contributed by atoms with E-state index >= 15 is 0 Å². The number of aromatic carboxylic acids is 1. The predicted molar refractivity (Wildman–Crippen MR) is 57.6 cm³/mol. The van der Waals surface area contributed by atoms with Gasteiger partial charge in [0.05, 0.1) is 11.1 Å². The number of halogens is 3. The first-order valence-corrected chi connectivity index (χ1v) is 4.87. The Labute approximate surface area is 99.1 Å². The SMILES string of the molecule is O=C(O)c1cccc2cc(C(F)(F)F)cc(O)c12. The minimum atomic E-state index is -4.59. The summed E-state index contributed by atoms with van der Waals surface area (Å²) >= 11 is 0. The van der Waals surface area contributed by atoms with Crippen LogP contribution in [-0.2, 0) is 6.18 Å². The Hall–Kier alpha value is -2.24. The van der Waals surface area contributed by atoms with Gasteiger partial charge in [-0.05, 0) is 23.6 Å². The second kappa shape index (κ2) is 3.90. The van der Waals surface area contributed by atoms with E-state index in [-0.39, 0.29) is 16.3 Å². The number of hydrogen-bond donors (Lipinski definition) is 2. The van der Waals surface area contributed by atoms with E-state index < -0.39 is 23.5 Å². The van der Waals surface area contributed by atoms with Gasteiger partial charge in [0.1, 0.15) is 5.75 Å². The zero-order valence-corrected chi connectivity index (χ0v) is 8.82. The molecule has 0 bridgehead atoms. The van der Waals surface area contributed by atoms with Crippen LogP contribution in [0.1, 0.15) is 15.9 Å². The molecule has 18 heavy (non-hydrogen) atoms. The first-order valence-electron chi connectivity index (χ1n) is 4.87. The molecule has 0 aliphatic rings. The Kier molecular flexibility index (Phi) is 2.65. The molecule has 0 aliphatic heterocycles. The van der Waals surface area contributed by atoms with E-state index in [1.807, 2.05) is 0 Å². The summed E-state index contributed by atoms with van der Waals surface area (Å²) in [7, 11) is 0. The van der Waals surface area contributed by atoms with Gasteiger partial charge >= 0.3 is 12.1 Å². The van der Waals surface area contributed by atoms with Gasteiger partial charge in [-0.1, -0.05) is 12.1 Å². The van der Waals surface area contributed by atoms with E-state index in [0.29, 0.717) is 6.07 Å². The van der Waals surface area contributed by atoms with Crippen molar-refractivity contribution in [2.24, 2.45) is 0 Å². The number of rotatable bonds is 1. The maximum absolute atomic E-state index is 12.5. The largest absolute Gasteiger partial charge is 0.507 e. The molecule has 0 saturated carbocycles. The lowest BCUT2D eigenvalue weighted by atomic mass is 10.0. The predicted octanol–water partition coefficient (Wildman–Crippen LogP) is 3.26. The highest BCUT2D eigenvalue weighted by Gasteiger charge is 2.31. The molecule has 0 spiro atoms. The van der Waals surface area contributed by atoms with Crippen LogP contribution in [0.5, 0.6) is 5.75 Å². The number of alkyl halides is 3. The summed E-state index contributed by atoms with van der Waals surface area (Å²) in [6.45, 7) is 0. The topological polar surface area (TPSA) is 57.5 Å². The number of phenols is 1. The third kappa shape index (κ3) is 1.97. The molecule has 0 fully saturated rings. The molecule has 0 heterocycles. The second-order valence-corrected chi connectivity index (χ2v) is 3.70. The van der Waals surface area contributed by atoms with Crippen LogP contribution in [-0.4, -0.2) is 16.2 Å². The smallest absolute Gasteiger partial charge is 0.416 e. The van der Waals surface area contributed by atoms with Gasteiger partial charge in [0.25, 0.3) is 0 Å². The molecule has 3 nitrogen and oxygen atoms in total. The van der Waals surface area contributed by atoms with Crippen molar-refractivity contribution in [2.75, 3.05) is 0 Å². The molecular weight excluding hydrogens is 249 g/mol. The molecule has 0 atom stereocenters. The van der Waals surface area contributed by atoms with Gasteiger partial charge in [0.2, 0.25) is 0 Å². The van der Waals surface area contributed by atoms with Crippen molar-refractivity contribution in [3.63, 3.8) is 0 Å². The van der Waals surface area contributed by atoms with Crippen molar-refractivity contribution in [3.8, 4) is 5.75 Å². The van der Waals surface area contributed by atoms with Gasteiger partial charge < -0.3 is 10.2 Å². The number of carboxylic acid groups (broad SMARTS) is 1. The highest BCUT2D eigenvalue weighted by Crippen LogP contribution is 2.37. The Bertz CT molecular complexity index is 632. The first-order chi connectivity index (χ1) is 8.30. The van der Waals surface area contributed by atoms with Crippen LogP contribution in [0.15, 0.2) is 30.3 Å². The number of carbonyl (C=O) groups is 1. The summed E-state index contributed by atoms with van der Waals surface area (Å²) < 4.78 is 37.6. The average molecular weight is 256 g/mol. The zero-order valence-electron chi connectivity index (χ0n) is 8.82. The van der Waals surface area contributed by atoms with Crippen molar-refractivity contribution < 1.29 is 28.2 Å². The summed E-state index contributed by atoms with van der Waals surface area (Å²) in [5.41, 5.74) is -1.26. The normalized spacial score (nSPS) is 11.7. The van der Waals surface area contributed by atoms with Gasteiger partial charge in [-0.15, -0.1) is 0 Å². The van der Waals surface area contributed by atoms with Gasteiger partial charge in [-0.2, -0.15) is 13.2 Å². The second-order valence-electron chi connectivity index (χ2n) is 3.70. The maximum atomic E-state index is 12.5. The van der Waals surface area contributed by atoms with E-state index in [0.717, 1.165) is 6.07 Å². The van der Waals surface area contributed by atoms with E-state index in [2.05, 4.69) is 0 Å². The van der Waals surface area contributed by atoms with Crippen LogP contribution in [0.4, 0.5) is 13.2 Å². The Morgan fingerprint density at radius 2 is 1.83 bits per heavy atom. The summed E-state index contributed by atoms with van der Waals surface area (Å²) in [6, 6.07) is 5.19. The summed E-state index contributed by atoms with van der Waals surface area (Å²) in [6.07, 6.45) is -4.59. The average Bonchev–Trinajstić information content (AvgIpc) is 2.26. The first kappa shape index (κ1) is 12.2. The number of carboxylic acids is 1. The van der Waals surface area contributed by atoms with Crippen LogP contribution in [0, 0.1) is 0 Å². The van der Waals surface area contributed by atoms with Crippen molar-refractivity contribution >= 4 is 16.7 Å². The lowest BCUT2D eigenvalue weighted by Gasteiger charge is -2.10. The number of benzene rings is 2. The van der Waals surface area contributed by atoms with Gasteiger partial charge in [0.15, 0.2) is 0 Å². The lowest BCUT2D eigenvalue weighted by molar-refractivity contribution is -0.137. The third-order valence-corrected chi connectivity index (χ3v) is 2.51. The molecule has 0 aliphatic carbocycles. The van der Waals surface area contributed by atoms with Gasteiger partial charge in [-0.25, -0.2) is 4.79 Å². The minimum absolute atomic E-state index is 0.0298. The van der Waals surface area contributed by atoms with E-state index in [4.69, 9.17) is 5.11 Å². The molecule has 2 aromatic carbocycles. The molecule has 0 unspecified atom stereocenters. The van der Waals surface area contributed by atoms with E-state index in [1.165, 1.54) is 18.2 Å². The van der Waals surface area contributed by atoms with Crippen LogP contribution < -0.4 is 0 Å². The molecule has 0 aromatic heterocycles. The fourth-order valence-electron chi connectivity index (χ4n) is 1.75. The number of fused-ring (bicyclic) bond motifs is 1. The third-order valence-electron chi connectivity index (χ3n) is 2.51. The molecule has 2 rings (SSSR count). The molecular formula is C12H7F3O3. The van der Waals surface area contributed by atoms with Crippen LogP contribution in [0.25, 0.3) is 10.8 Å². The standard InChI is InChI=1S/C12H7F3O3/c13-12(14,15)7-4-6-2-1-3-8(11(17)18)10(6)9(16)5-7/h1-5,16H,(H,17,18). The van der Waals surface area contributed by atoms with Crippen LogP contribution in [0.3, 0.4) is 0 Å². The Morgan fingerprint density at radius 1 is 1.17 bits per heavy atom. The lowest BCUT2D eigenvalue weighted by Crippen LogP contribution is -2.05. The number of hydrogen-bond acceptors (Lipinski definition) is 2. The minimum Gasteiger partial charge on any atom is -0.507 e. The van der Waals surface area contributed by atoms with Crippen LogP contribution in [0.2, 0.25) is 0 Å². The summed E-state index contributed by atoms with van der Waals surface area (Å²) in [5.74, 6) is -2.01. The molecule has 6 heteroatoms. The van der Waals surface area contributed by atoms with Crippen molar-refractivity contribution in [1.29, 1.82) is 0 Å². The Morgan fingerprint density at radius 3 is 2.39 bits per heavy atom. The number of aromatic hydroxyl groups is 1. The highest BCUT2D eigenvalue weighted by molar-refractivity contribution is 6.06. The molecule has 2 N–H and O–H groups in total. The van der Waals surface area contributed by atoms with E-state index in [1.54, 1.807) is 0 Å². The summed E-state index contributed by atoms with van der Waals surface area (Å²) in [5, 5.41) is 18.4. The molecule has 94 valence electrons. The molecule has 2 aromatic rings. The molecule has 0 amide bonds. The number of phenolic OH excluding ortho intramolecular Hbond substituents is 1. The van der Waals surface area contributed by atoms with E-state index in [9.17, 15) is 23.1 Å². The molecule has 0 radical (unpaired) electrons. The van der Waals surface area contributed by atoms with Gasteiger partial charge in [0, 0.05) is 5.39 Å².